The Morgan fingerprint density at radius 1 is 1.38 bits per heavy atom. The van der Waals surface area contributed by atoms with Crippen LogP contribution in [0.5, 0.6) is 0 Å². The number of hydrogen-bond donors (Lipinski definition) is 2. The molecule has 3 heteroatoms. The van der Waals surface area contributed by atoms with Gasteiger partial charge in [0.1, 0.15) is 0 Å². The van der Waals surface area contributed by atoms with Crippen LogP contribution >= 0.6 is 0 Å². The largest absolute Gasteiger partial charge is 0.483 e. The number of allylic oxidation sites excluding steroid dienone is 2. The summed E-state index contributed by atoms with van der Waals surface area (Å²) in [7, 11) is -1.24. The molecular weight excluding hydrogens is 163 g/mol. The number of hydrogen-bond acceptors (Lipinski definition) is 2. The molecule has 0 fully saturated rings. The smallest absolute Gasteiger partial charge is 0.423 e. The minimum Gasteiger partial charge on any atom is -0.423 e. The molecule has 0 bridgehead atoms. The van der Waals surface area contributed by atoms with Gasteiger partial charge >= 0.3 is 7.12 Å². The van der Waals surface area contributed by atoms with E-state index < -0.39 is 7.12 Å². The van der Waals surface area contributed by atoms with E-state index in [0.29, 0.717) is 11.3 Å². The van der Waals surface area contributed by atoms with Gasteiger partial charge in [-0.3, -0.25) is 0 Å². The van der Waals surface area contributed by atoms with Crippen molar-refractivity contribution in [2.24, 2.45) is 11.3 Å². The van der Waals surface area contributed by atoms with Crippen molar-refractivity contribution < 1.29 is 10.0 Å². The summed E-state index contributed by atoms with van der Waals surface area (Å²) in [5.74, 6) is 0.676. The van der Waals surface area contributed by atoms with Crippen LogP contribution < -0.4 is 0 Å². The molecule has 13 heavy (non-hydrogen) atoms. The van der Waals surface area contributed by atoms with Crippen molar-refractivity contribution in [1.82, 2.24) is 0 Å². The Morgan fingerprint density at radius 3 is 2.31 bits per heavy atom. The predicted molar refractivity (Wildman–Crippen MR) is 55.1 cm³/mol. The van der Waals surface area contributed by atoms with E-state index in [9.17, 15) is 0 Å². The summed E-state index contributed by atoms with van der Waals surface area (Å²) in [4.78, 5) is 0. The van der Waals surface area contributed by atoms with E-state index in [0.717, 1.165) is 24.7 Å². The molecule has 0 saturated carbocycles. The maximum Gasteiger partial charge on any atom is 0.483 e. The zero-order valence-corrected chi connectivity index (χ0v) is 8.75. The van der Waals surface area contributed by atoms with E-state index in [1.54, 1.807) is 0 Å². The molecule has 1 aliphatic rings. The standard InChI is InChI=1S/C10H19BO2/c1-10(2,3)8-4-6-9(7-5-8)11(12)13/h6,8,12-13H,4-5,7H2,1-3H3. The summed E-state index contributed by atoms with van der Waals surface area (Å²) in [6, 6.07) is 0. The van der Waals surface area contributed by atoms with Crippen molar-refractivity contribution >= 4 is 7.12 Å². The Kier molecular flexibility index (Phi) is 3.20. The van der Waals surface area contributed by atoms with E-state index in [-0.39, 0.29) is 0 Å². The van der Waals surface area contributed by atoms with Crippen molar-refractivity contribution in [3.63, 3.8) is 0 Å². The first-order chi connectivity index (χ1) is 5.91. The minimum atomic E-state index is -1.24. The van der Waals surface area contributed by atoms with Gasteiger partial charge in [0.25, 0.3) is 0 Å². The van der Waals surface area contributed by atoms with Crippen LogP contribution in [-0.4, -0.2) is 17.2 Å². The Labute approximate surface area is 80.8 Å². The summed E-state index contributed by atoms with van der Waals surface area (Å²) >= 11 is 0. The van der Waals surface area contributed by atoms with E-state index >= 15 is 0 Å². The number of rotatable bonds is 1. The maximum atomic E-state index is 8.95. The average Bonchev–Trinajstić information content (AvgIpc) is 2.03. The molecule has 0 spiro atoms. The third-order valence-corrected chi connectivity index (χ3v) is 3.00. The molecule has 2 nitrogen and oxygen atoms in total. The van der Waals surface area contributed by atoms with Gasteiger partial charge in [0, 0.05) is 0 Å². The van der Waals surface area contributed by atoms with Gasteiger partial charge in [0.2, 0.25) is 0 Å². The summed E-state index contributed by atoms with van der Waals surface area (Å²) in [5, 5.41) is 17.9. The first-order valence-corrected chi connectivity index (χ1v) is 4.96. The third kappa shape index (κ3) is 2.85. The van der Waals surface area contributed by atoms with Crippen LogP contribution in [0.15, 0.2) is 11.5 Å². The van der Waals surface area contributed by atoms with Crippen LogP contribution in [0, 0.1) is 11.3 Å². The molecule has 0 heterocycles. The first kappa shape index (κ1) is 10.8. The SMILES string of the molecule is CC(C)(C)C1CC=C(B(O)O)CC1. The van der Waals surface area contributed by atoms with Gasteiger partial charge in [-0.25, -0.2) is 0 Å². The van der Waals surface area contributed by atoms with Gasteiger partial charge in [-0.2, -0.15) is 0 Å². The van der Waals surface area contributed by atoms with E-state index in [1.807, 2.05) is 6.08 Å². The second kappa shape index (κ2) is 3.85. The van der Waals surface area contributed by atoms with Crippen LogP contribution in [-0.2, 0) is 0 Å². The molecule has 0 aromatic rings. The topological polar surface area (TPSA) is 40.5 Å². The maximum absolute atomic E-state index is 8.95. The van der Waals surface area contributed by atoms with Gasteiger partial charge in [0.15, 0.2) is 0 Å². The lowest BCUT2D eigenvalue weighted by Crippen LogP contribution is -2.26. The monoisotopic (exact) mass is 182 g/mol. The van der Waals surface area contributed by atoms with Gasteiger partial charge in [-0.15, -0.1) is 0 Å². The predicted octanol–water partition coefficient (Wildman–Crippen LogP) is 1.77. The molecule has 74 valence electrons. The van der Waals surface area contributed by atoms with Crippen molar-refractivity contribution in [1.29, 1.82) is 0 Å². The molecule has 1 rings (SSSR count). The summed E-state index contributed by atoms with van der Waals surface area (Å²) in [6.45, 7) is 6.73. The lowest BCUT2D eigenvalue weighted by atomic mass is 9.66. The zero-order valence-electron chi connectivity index (χ0n) is 8.75. The molecular formula is C10H19BO2. The Bertz CT molecular complexity index is 203. The van der Waals surface area contributed by atoms with Gasteiger partial charge in [-0.1, -0.05) is 26.8 Å². The highest BCUT2D eigenvalue weighted by atomic mass is 16.4. The molecule has 0 saturated heterocycles. The molecule has 1 aliphatic carbocycles. The second-order valence-electron chi connectivity index (χ2n) is 4.99. The van der Waals surface area contributed by atoms with Crippen LogP contribution in [0.3, 0.4) is 0 Å². The zero-order chi connectivity index (χ0) is 10.1. The van der Waals surface area contributed by atoms with Crippen LogP contribution in [0.4, 0.5) is 0 Å². The minimum absolute atomic E-state index is 0.336. The van der Waals surface area contributed by atoms with Crippen molar-refractivity contribution in [2.45, 2.75) is 40.0 Å². The first-order valence-electron chi connectivity index (χ1n) is 4.96. The van der Waals surface area contributed by atoms with Crippen LogP contribution in [0.1, 0.15) is 40.0 Å². The quantitative estimate of drug-likeness (QED) is 0.606. The Balaban J connectivity index is 2.56. The molecule has 0 aromatic carbocycles. The van der Waals surface area contributed by atoms with Crippen molar-refractivity contribution in [3.8, 4) is 0 Å². The highest BCUT2D eigenvalue weighted by Gasteiger charge is 2.28. The lowest BCUT2D eigenvalue weighted by Gasteiger charge is -2.33. The summed E-state index contributed by atoms with van der Waals surface area (Å²) < 4.78 is 0. The molecule has 0 amide bonds. The Morgan fingerprint density at radius 2 is 2.00 bits per heavy atom. The van der Waals surface area contributed by atoms with Crippen LogP contribution in [0.25, 0.3) is 0 Å². The lowest BCUT2D eigenvalue weighted by molar-refractivity contribution is 0.221. The van der Waals surface area contributed by atoms with Gasteiger partial charge in [0.05, 0.1) is 0 Å². The van der Waals surface area contributed by atoms with Crippen LogP contribution in [0.2, 0.25) is 0 Å². The van der Waals surface area contributed by atoms with E-state index in [4.69, 9.17) is 10.0 Å². The highest BCUT2D eigenvalue weighted by Crippen LogP contribution is 2.37. The van der Waals surface area contributed by atoms with E-state index in [2.05, 4.69) is 20.8 Å². The molecule has 2 N–H and O–H groups in total. The Hall–Kier alpha value is -0.275. The highest BCUT2D eigenvalue weighted by molar-refractivity contribution is 6.50. The fourth-order valence-corrected chi connectivity index (χ4v) is 1.88. The van der Waals surface area contributed by atoms with Crippen molar-refractivity contribution in [3.05, 3.63) is 11.5 Å². The molecule has 1 atom stereocenters. The fourth-order valence-electron chi connectivity index (χ4n) is 1.88. The fraction of sp³-hybridized carbons (Fsp3) is 0.800. The third-order valence-electron chi connectivity index (χ3n) is 3.00. The van der Waals surface area contributed by atoms with Gasteiger partial charge in [-0.05, 0) is 36.1 Å². The average molecular weight is 182 g/mol. The normalized spacial score (nSPS) is 24.1. The summed E-state index contributed by atoms with van der Waals surface area (Å²) in [5.41, 5.74) is 1.13. The van der Waals surface area contributed by atoms with Crippen molar-refractivity contribution in [2.75, 3.05) is 0 Å². The molecule has 1 unspecified atom stereocenters. The van der Waals surface area contributed by atoms with Gasteiger partial charge < -0.3 is 10.0 Å². The molecule has 0 aliphatic heterocycles. The summed E-state index contributed by atoms with van der Waals surface area (Å²) in [6.07, 6.45) is 4.88. The van der Waals surface area contributed by atoms with E-state index in [1.165, 1.54) is 0 Å². The molecule has 0 radical (unpaired) electrons. The molecule has 0 aromatic heterocycles. The second-order valence-corrected chi connectivity index (χ2v) is 4.99.